The second-order valence-electron chi connectivity index (χ2n) is 8.09. The number of halogens is 6. The lowest BCUT2D eigenvalue weighted by atomic mass is 9.85. The first kappa shape index (κ1) is 24.1. The second kappa shape index (κ2) is 8.80. The van der Waals surface area contributed by atoms with Gasteiger partial charge in [-0.3, -0.25) is 4.90 Å². The first-order chi connectivity index (χ1) is 14.8. The molecule has 6 nitrogen and oxygen atoms in total. The van der Waals surface area contributed by atoms with Crippen molar-refractivity contribution in [2.24, 2.45) is 0 Å². The van der Waals surface area contributed by atoms with Crippen LogP contribution in [0, 0.1) is 0 Å². The van der Waals surface area contributed by atoms with E-state index in [-0.39, 0.29) is 24.2 Å². The molecular formula is C20H22F6N2O4. The monoisotopic (exact) mass is 468 g/mol. The summed E-state index contributed by atoms with van der Waals surface area (Å²) in [7, 11) is 0. The molecule has 1 spiro atoms. The number of carbonyl (C=O) groups is 2. The summed E-state index contributed by atoms with van der Waals surface area (Å²) < 4.78 is 79.8. The van der Waals surface area contributed by atoms with Crippen LogP contribution in [0.2, 0.25) is 0 Å². The van der Waals surface area contributed by atoms with Crippen LogP contribution in [0.1, 0.15) is 41.6 Å². The third-order valence-corrected chi connectivity index (χ3v) is 6.05. The van der Waals surface area contributed by atoms with Gasteiger partial charge in [-0.05, 0) is 49.9 Å². The number of piperidine rings is 1. The highest BCUT2D eigenvalue weighted by molar-refractivity contribution is 5.87. The average Bonchev–Trinajstić information content (AvgIpc) is 3.06. The van der Waals surface area contributed by atoms with E-state index in [2.05, 4.69) is 9.64 Å². The number of carboxylic acid groups (broad SMARTS) is 1. The Kier molecular flexibility index (Phi) is 6.64. The van der Waals surface area contributed by atoms with E-state index >= 15 is 0 Å². The number of hydrogen-bond donors (Lipinski definition) is 1. The van der Waals surface area contributed by atoms with Crippen molar-refractivity contribution in [2.45, 2.75) is 56.2 Å². The Hall–Kier alpha value is -2.50. The topological polar surface area (TPSA) is 70.1 Å². The Morgan fingerprint density at radius 3 is 2.22 bits per heavy atom. The van der Waals surface area contributed by atoms with Gasteiger partial charge in [-0.2, -0.15) is 26.3 Å². The van der Waals surface area contributed by atoms with Gasteiger partial charge < -0.3 is 14.7 Å². The lowest BCUT2D eigenvalue weighted by Gasteiger charge is -2.45. The van der Waals surface area contributed by atoms with Crippen LogP contribution in [0.15, 0.2) is 24.3 Å². The van der Waals surface area contributed by atoms with E-state index in [1.165, 1.54) is 6.07 Å². The summed E-state index contributed by atoms with van der Waals surface area (Å²) in [6.07, 6.45) is -15.0. The van der Waals surface area contributed by atoms with E-state index in [0.29, 0.717) is 25.9 Å². The van der Waals surface area contributed by atoms with Crippen LogP contribution < -0.4 is 0 Å². The zero-order chi connectivity index (χ0) is 23.7. The number of alkyl halides is 6. The smallest absolute Gasteiger partial charge is 0.434 e. The summed E-state index contributed by atoms with van der Waals surface area (Å²) in [4.78, 5) is 26.2. The lowest BCUT2D eigenvalue weighted by molar-refractivity contribution is -0.308. The van der Waals surface area contributed by atoms with E-state index in [0.717, 1.165) is 23.3 Å². The van der Waals surface area contributed by atoms with Gasteiger partial charge in [0.15, 0.2) is 0 Å². The third-order valence-electron chi connectivity index (χ3n) is 6.05. The van der Waals surface area contributed by atoms with Crippen LogP contribution in [0.4, 0.5) is 31.1 Å². The number of aromatic carboxylic acids is 1. The van der Waals surface area contributed by atoms with Crippen LogP contribution in [-0.4, -0.2) is 70.6 Å². The first-order valence-corrected chi connectivity index (χ1v) is 9.98. The van der Waals surface area contributed by atoms with Gasteiger partial charge in [0.1, 0.15) is 0 Å². The molecule has 1 aromatic carbocycles. The highest BCUT2D eigenvalue weighted by atomic mass is 19.4. The van der Waals surface area contributed by atoms with E-state index in [1.54, 1.807) is 18.2 Å². The fourth-order valence-electron chi connectivity index (χ4n) is 4.43. The van der Waals surface area contributed by atoms with Crippen LogP contribution >= 0.6 is 0 Å². The van der Waals surface area contributed by atoms with Crippen LogP contribution in [0.25, 0.3) is 0 Å². The second-order valence-corrected chi connectivity index (χ2v) is 8.09. The molecule has 2 heterocycles. The zero-order valence-corrected chi connectivity index (χ0v) is 16.9. The van der Waals surface area contributed by atoms with Crippen LogP contribution in [-0.2, 0) is 11.3 Å². The van der Waals surface area contributed by atoms with Crippen molar-refractivity contribution in [3.05, 3.63) is 35.4 Å². The van der Waals surface area contributed by atoms with Gasteiger partial charge in [-0.15, -0.1) is 0 Å². The van der Waals surface area contributed by atoms with Gasteiger partial charge in [-0.1, -0.05) is 12.1 Å². The Balaban J connectivity index is 1.64. The van der Waals surface area contributed by atoms with Gasteiger partial charge in [0.2, 0.25) is 0 Å². The lowest BCUT2D eigenvalue weighted by Crippen LogP contribution is -2.54. The van der Waals surface area contributed by atoms with Gasteiger partial charge in [0.25, 0.3) is 6.10 Å². The van der Waals surface area contributed by atoms with Crippen LogP contribution in [0.3, 0.4) is 0 Å². The summed E-state index contributed by atoms with van der Waals surface area (Å²) in [5.74, 6) is -1.05. The van der Waals surface area contributed by atoms with Crippen molar-refractivity contribution >= 4 is 12.1 Å². The fourth-order valence-corrected chi connectivity index (χ4v) is 4.43. The molecule has 0 unspecified atom stereocenters. The number of likely N-dealkylation sites (tertiary alicyclic amines) is 2. The number of nitrogens with zero attached hydrogens (tertiary/aromatic N) is 2. The van der Waals surface area contributed by atoms with Gasteiger partial charge in [0.05, 0.1) is 5.56 Å². The maximum atomic E-state index is 12.7. The van der Waals surface area contributed by atoms with Crippen molar-refractivity contribution in [1.82, 2.24) is 9.80 Å². The minimum Gasteiger partial charge on any atom is -0.478 e. The fraction of sp³-hybridized carbons (Fsp3) is 0.600. The summed E-state index contributed by atoms with van der Waals surface area (Å²) >= 11 is 0. The van der Waals surface area contributed by atoms with Gasteiger partial charge in [-0.25, -0.2) is 9.59 Å². The number of hydrogen-bond acceptors (Lipinski definition) is 4. The predicted molar refractivity (Wildman–Crippen MR) is 99.0 cm³/mol. The standard InChI is InChI=1S/C20H22F6N2O4/c21-19(22,23)16(20(24,25)26)32-17(31)27-9-6-18(7-10-27)5-2-8-28(18)12-13-3-1-4-14(11-13)15(29)30/h1,3-4,11,16H,2,5-10,12H2,(H,29,30). The molecule has 0 radical (unpaired) electrons. The predicted octanol–water partition coefficient (Wildman–Crippen LogP) is 4.45. The molecule has 0 atom stereocenters. The first-order valence-electron chi connectivity index (χ1n) is 9.98. The summed E-state index contributed by atoms with van der Waals surface area (Å²) in [6, 6.07) is 6.47. The van der Waals surface area contributed by atoms with E-state index in [9.17, 15) is 35.9 Å². The van der Waals surface area contributed by atoms with E-state index in [1.807, 2.05) is 0 Å². The molecule has 1 amide bonds. The Morgan fingerprint density at radius 1 is 1.03 bits per heavy atom. The van der Waals surface area contributed by atoms with Crippen molar-refractivity contribution in [3.8, 4) is 0 Å². The van der Waals surface area contributed by atoms with Gasteiger partial charge in [0, 0.05) is 25.2 Å². The van der Waals surface area contributed by atoms with Gasteiger partial charge >= 0.3 is 24.4 Å². The maximum Gasteiger partial charge on any atom is 0.434 e. The normalized spacial score (nSPS) is 19.5. The maximum absolute atomic E-state index is 12.7. The molecular weight excluding hydrogens is 446 g/mol. The minimum atomic E-state index is -5.75. The molecule has 32 heavy (non-hydrogen) atoms. The molecule has 0 bridgehead atoms. The molecule has 1 aromatic rings. The van der Waals surface area contributed by atoms with Crippen molar-refractivity contribution in [2.75, 3.05) is 19.6 Å². The molecule has 1 N–H and O–H groups in total. The molecule has 0 aliphatic carbocycles. The van der Waals surface area contributed by atoms with Crippen molar-refractivity contribution in [3.63, 3.8) is 0 Å². The molecule has 0 saturated carbocycles. The summed E-state index contributed by atoms with van der Waals surface area (Å²) in [5, 5.41) is 9.15. The highest BCUT2D eigenvalue weighted by Gasteiger charge is 2.60. The SMILES string of the molecule is O=C(O)c1cccc(CN2CCCC23CCN(C(=O)OC(C(F)(F)F)C(F)(F)F)CC3)c1. The molecule has 2 saturated heterocycles. The number of benzene rings is 1. The Labute approximate surface area is 179 Å². The number of amides is 1. The molecule has 178 valence electrons. The summed E-state index contributed by atoms with van der Waals surface area (Å²) in [6.45, 7) is 1.10. The number of rotatable bonds is 4. The molecule has 3 rings (SSSR count). The van der Waals surface area contributed by atoms with E-state index < -0.39 is 30.5 Å². The number of carbonyl (C=O) groups excluding carboxylic acids is 1. The Bertz CT molecular complexity index is 835. The van der Waals surface area contributed by atoms with Crippen molar-refractivity contribution in [1.29, 1.82) is 0 Å². The van der Waals surface area contributed by atoms with Crippen LogP contribution in [0.5, 0.6) is 0 Å². The molecule has 2 fully saturated rings. The van der Waals surface area contributed by atoms with E-state index in [4.69, 9.17) is 5.11 Å². The molecule has 2 aliphatic rings. The summed E-state index contributed by atoms with van der Waals surface area (Å²) in [5.41, 5.74) is 0.576. The highest BCUT2D eigenvalue weighted by Crippen LogP contribution is 2.40. The minimum absolute atomic E-state index is 0.0348. The molecule has 12 heteroatoms. The quantitative estimate of drug-likeness (QED) is 0.662. The molecule has 0 aromatic heterocycles. The number of ether oxygens (including phenoxy) is 1. The largest absolute Gasteiger partial charge is 0.478 e. The average molecular weight is 468 g/mol. The molecule has 2 aliphatic heterocycles. The zero-order valence-electron chi connectivity index (χ0n) is 16.9. The van der Waals surface area contributed by atoms with Crippen molar-refractivity contribution < 1.29 is 45.8 Å². The third kappa shape index (κ3) is 5.28. The Morgan fingerprint density at radius 2 is 1.66 bits per heavy atom. The number of carboxylic acids is 1.